The Balaban J connectivity index is 2.20. The molecule has 0 amide bonds. The topological polar surface area (TPSA) is 55.7 Å². The Kier molecular flexibility index (Phi) is 2.82. The van der Waals surface area contributed by atoms with Gasteiger partial charge in [-0.05, 0) is 13.0 Å². The fourth-order valence-electron chi connectivity index (χ4n) is 1.22. The Morgan fingerprint density at radius 2 is 2.33 bits per heavy atom. The van der Waals surface area contributed by atoms with Crippen LogP contribution in [0.25, 0.3) is 0 Å². The second-order valence-corrected chi connectivity index (χ2v) is 4.11. The first-order valence-electron chi connectivity index (χ1n) is 4.46. The van der Waals surface area contributed by atoms with E-state index in [2.05, 4.69) is 15.0 Å². The summed E-state index contributed by atoms with van der Waals surface area (Å²) in [4.78, 5) is 23.0. The Labute approximate surface area is 91.0 Å². The molecule has 5 heteroatoms. The van der Waals surface area contributed by atoms with E-state index in [1.54, 1.807) is 23.6 Å². The van der Waals surface area contributed by atoms with Crippen molar-refractivity contribution in [2.75, 3.05) is 0 Å². The molecule has 0 aliphatic heterocycles. The standard InChI is InChI=1S/C10H9N3OS/c1-7-12-9(6-15-7)4-10-11-3-2-8(5-14)13-10/h2-3,5-6H,4H2,1H3. The average molecular weight is 219 g/mol. The number of aromatic nitrogens is 3. The highest BCUT2D eigenvalue weighted by Gasteiger charge is 2.03. The van der Waals surface area contributed by atoms with Crippen molar-refractivity contribution in [1.29, 1.82) is 0 Å². The van der Waals surface area contributed by atoms with Gasteiger partial charge in [0.25, 0.3) is 0 Å². The average Bonchev–Trinajstić information content (AvgIpc) is 2.64. The van der Waals surface area contributed by atoms with Gasteiger partial charge in [-0.3, -0.25) is 4.79 Å². The normalized spacial score (nSPS) is 10.2. The first kappa shape index (κ1) is 9.92. The molecule has 0 spiro atoms. The third-order valence-electron chi connectivity index (χ3n) is 1.85. The molecular weight excluding hydrogens is 210 g/mol. The van der Waals surface area contributed by atoms with E-state index in [0.29, 0.717) is 17.9 Å². The second-order valence-electron chi connectivity index (χ2n) is 3.05. The lowest BCUT2D eigenvalue weighted by Crippen LogP contribution is -1.99. The second kappa shape index (κ2) is 4.27. The van der Waals surface area contributed by atoms with Gasteiger partial charge in [0.15, 0.2) is 6.29 Å². The van der Waals surface area contributed by atoms with Crippen molar-refractivity contribution in [2.24, 2.45) is 0 Å². The van der Waals surface area contributed by atoms with Crippen LogP contribution < -0.4 is 0 Å². The zero-order valence-electron chi connectivity index (χ0n) is 8.17. The van der Waals surface area contributed by atoms with Gasteiger partial charge in [-0.25, -0.2) is 15.0 Å². The molecule has 2 heterocycles. The van der Waals surface area contributed by atoms with Gasteiger partial charge in [0, 0.05) is 11.6 Å². The molecule has 0 atom stereocenters. The zero-order valence-corrected chi connectivity index (χ0v) is 8.99. The summed E-state index contributed by atoms with van der Waals surface area (Å²) in [6.45, 7) is 1.96. The number of thiazole rings is 1. The fourth-order valence-corrected chi connectivity index (χ4v) is 1.83. The van der Waals surface area contributed by atoms with Crippen LogP contribution in [0.2, 0.25) is 0 Å². The van der Waals surface area contributed by atoms with Gasteiger partial charge < -0.3 is 0 Å². The summed E-state index contributed by atoms with van der Waals surface area (Å²) in [6, 6.07) is 1.59. The highest BCUT2D eigenvalue weighted by atomic mass is 32.1. The van der Waals surface area contributed by atoms with E-state index >= 15 is 0 Å². The van der Waals surface area contributed by atoms with Crippen molar-refractivity contribution < 1.29 is 4.79 Å². The molecule has 0 radical (unpaired) electrons. The van der Waals surface area contributed by atoms with Gasteiger partial charge in [0.05, 0.1) is 17.1 Å². The van der Waals surface area contributed by atoms with Crippen LogP contribution in [0.1, 0.15) is 27.0 Å². The largest absolute Gasteiger partial charge is 0.296 e. The number of aryl methyl sites for hydroxylation is 1. The highest BCUT2D eigenvalue weighted by Crippen LogP contribution is 2.10. The lowest BCUT2D eigenvalue weighted by atomic mass is 10.3. The number of hydrogen-bond acceptors (Lipinski definition) is 5. The fraction of sp³-hybridized carbons (Fsp3) is 0.200. The van der Waals surface area contributed by atoms with Crippen LogP contribution in [0.3, 0.4) is 0 Å². The maximum atomic E-state index is 10.5. The molecule has 0 aliphatic carbocycles. The van der Waals surface area contributed by atoms with Crippen LogP contribution in [0.15, 0.2) is 17.6 Å². The van der Waals surface area contributed by atoms with E-state index in [1.807, 2.05) is 12.3 Å². The Hall–Kier alpha value is -1.62. The van der Waals surface area contributed by atoms with Crippen molar-refractivity contribution in [2.45, 2.75) is 13.3 Å². The van der Waals surface area contributed by atoms with Crippen molar-refractivity contribution in [3.63, 3.8) is 0 Å². The predicted octanol–water partition coefficient (Wildman–Crippen LogP) is 1.64. The Morgan fingerprint density at radius 3 is 3.00 bits per heavy atom. The lowest BCUT2D eigenvalue weighted by molar-refractivity contribution is 0.111. The molecule has 2 rings (SSSR count). The number of rotatable bonds is 3. The smallest absolute Gasteiger partial charge is 0.168 e. The van der Waals surface area contributed by atoms with Crippen LogP contribution in [-0.4, -0.2) is 21.2 Å². The molecule has 0 N–H and O–H groups in total. The molecule has 0 aliphatic rings. The molecule has 0 saturated heterocycles. The first-order chi connectivity index (χ1) is 7.28. The molecule has 0 fully saturated rings. The van der Waals surface area contributed by atoms with Gasteiger partial charge in [0.2, 0.25) is 0 Å². The third-order valence-corrected chi connectivity index (χ3v) is 2.68. The number of carbonyl (C=O) groups excluding carboxylic acids is 1. The summed E-state index contributed by atoms with van der Waals surface area (Å²) < 4.78 is 0. The zero-order chi connectivity index (χ0) is 10.7. The molecule has 76 valence electrons. The summed E-state index contributed by atoms with van der Waals surface area (Å²) >= 11 is 1.60. The number of carbonyl (C=O) groups is 1. The van der Waals surface area contributed by atoms with Crippen LogP contribution >= 0.6 is 11.3 Å². The Morgan fingerprint density at radius 1 is 1.47 bits per heavy atom. The molecular formula is C10H9N3OS. The minimum absolute atomic E-state index is 0.409. The van der Waals surface area contributed by atoms with Crippen molar-refractivity contribution in [1.82, 2.24) is 15.0 Å². The van der Waals surface area contributed by atoms with Gasteiger partial charge in [0.1, 0.15) is 11.5 Å². The quantitative estimate of drug-likeness (QED) is 0.736. The van der Waals surface area contributed by atoms with E-state index < -0.39 is 0 Å². The summed E-state index contributed by atoms with van der Waals surface area (Å²) in [6.07, 6.45) is 2.88. The van der Waals surface area contributed by atoms with E-state index in [1.165, 1.54) is 0 Å². The van der Waals surface area contributed by atoms with Gasteiger partial charge in [-0.2, -0.15) is 0 Å². The monoisotopic (exact) mass is 219 g/mol. The molecule has 2 aromatic rings. The van der Waals surface area contributed by atoms with Crippen LogP contribution in [-0.2, 0) is 6.42 Å². The third kappa shape index (κ3) is 2.44. The minimum atomic E-state index is 0.409. The SMILES string of the molecule is Cc1nc(Cc2nccc(C=O)n2)cs1. The van der Waals surface area contributed by atoms with E-state index in [-0.39, 0.29) is 0 Å². The van der Waals surface area contributed by atoms with Crippen molar-refractivity contribution in [3.05, 3.63) is 39.9 Å². The predicted molar refractivity (Wildman–Crippen MR) is 57.1 cm³/mol. The maximum Gasteiger partial charge on any atom is 0.168 e. The van der Waals surface area contributed by atoms with Gasteiger partial charge in [-0.1, -0.05) is 0 Å². The number of hydrogen-bond donors (Lipinski definition) is 0. The maximum absolute atomic E-state index is 10.5. The van der Waals surface area contributed by atoms with Gasteiger partial charge >= 0.3 is 0 Å². The molecule has 15 heavy (non-hydrogen) atoms. The molecule has 0 unspecified atom stereocenters. The molecule has 0 aromatic carbocycles. The summed E-state index contributed by atoms with van der Waals surface area (Å²) in [5.41, 5.74) is 1.35. The van der Waals surface area contributed by atoms with Crippen LogP contribution in [0.4, 0.5) is 0 Å². The summed E-state index contributed by atoms with van der Waals surface area (Å²) in [5, 5.41) is 3.00. The highest BCUT2D eigenvalue weighted by molar-refractivity contribution is 7.09. The number of nitrogens with zero attached hydrogens (tertiary/aromatic N) is 3. The van der Waals surface area contributed by atoms with Crippen molar-refractivity contribution in [3.8, 4) is 0 Å². The van der Waals surface area contributed by atoms with E-state index in [4.69, 9.17) is 0 Å². The minimum Gasteiger partial charge on any atom is -0.296 e. The Bertz CT molecular complexity index is 481. The van der Waals surface area contributed by atoms with E-state index in [0.717, 1.165) is 17.0 Å². The summed E-state index contributed by atoms with van der Waals surface area (Å²) in [7, 11) is 0. The number of aldehydes is 1. The molecule has 4 nitrogen and oxygen atoms in total. The molecule has 0 saturated carbocycles. The van der Waals surface area contributed by atoms with E-state index in [9.17, 15) is 4.79 Å². The first-order valence-corrected chi connectivity index (χ1v) is 5.34. The van der Waals surface area contributed by atoms with Crippen LogP contribution in [0, 0.1) is 6.92 Å². The molecule has 2 aromatic heterocycles. The van der Waals surface area contributed by atoms with Gasteiger partial charge in [-0.15, -0.1) is 11.3 Å². The van der Waals surface area contributed by atoms with Crippen molar-refractivity contribution >= 4 is 17.6 Å². The molecule has 0 bridgehead atoms. The lowest BCUT2D eigenvalue weighted by Gasteiger charge is -1.96. The summed E-state index contributed by atoms with van der Waals surface area (Å²) in [5.74, 6) is 0.630. The van der Waals surface area contributed by atoms with Crippen LogP contribution in [0.5, 0.6) is 0 Å².